The summed E-state index contributed by atoms with van der Waals surface area (Å²) in [5, 5.41) is 8.47. The van der Waals surface area contributed by atoms with Gasteiger partial charge in [-0.1, -0.05) is 12.1 Å². The molecule has 2 aromatic rings. The first-order valence-electron chi connectivity index (χ1n) is 7.06. The second kappa shape index (κ2) is 10.4. The number of ether oxygens (including phenoxy) is 1. The quantitative estimate of drug-likeness (QED) is 0.402. The maximum atomic E-state index is 13.1. The van der Waals surface area contributed by atoms with Crippen LogP contribution in [0.1, 0.15) is 11.8 Å². The summed E-state index contributed by atoms with van der Waals surface area (Å²) in [5.41, 5.74) is 0. The number of hydrogen-bond acceptors (Lipinski definition) is 3. The standard InChI is InChI=1S/C16H20FN3OS.HI/c1-12(21-14-6-3-5-13(17)9-14)10-19-16(18-2)20-11-15-7-4-8-22-15;/h3-9,12H,10-11H2,1-2H3,(H2,18,19,20);1H. The number of hydrogen-bond donors (Lipinski definition) is 2. The first-order chi connectivity index (χ1) is 10.7. The third-order valence-electron chi connectivity index (χ3n) is 2.92. The number of nitrogens with one attached hydrogen (secondary N) is 2. The van der Waals surface area contributed by atoms with Gasteiger partial charge in [-0.2, -0.15) is 0 Å². The molecule has 0 amide bonds. The molecule has 0 radical (unpaired) electrons. The Kier molecular flexibility index (Phi) is 8.93. The van der Waals surface area contributed by atoms with Crippen LogP contribution < -0.4 is 15.4 Å². The molecule has 0 saturated carbocycles. The van der Waals surface area contributed by atoms with E-state index in [0.29, 0.717) is 18.3 Å². The van der Waals surface area contributed by atoms with Crippen LogP contribution in [0.15, 0.2) is 46.8 Å². The Morgan fingerprint density at radius 2 is 2.13 bits per heavy atom. The van der Waals surface area contributed by atoms with E-state index in [4.69, 9.17) is 4.74 Å². The molecular formula is C16H21FIN3OS. The van der Waals surface area contributed by atoms with Crippen molar-refractivity contribution in [2.24, 2.45) is 4.99 Å². The average molecular weight is 449 g/mol. The Morgan fingerprint density at radius 1 is 1.30 bits per heavy atom. The van der Waals surface area contributed by atoms with Gasteiger partial charge in [0.2, 0.25) is 0 Å². The summed E-state index contributed by atoms with van der Waals surface area (Å²) < 4.78 is 18.8. The molecular weight excluding hydrogens is 428 g/mol. The topological polar surface area (TPSA) is 45.7 Å². The van der Waals surface area contributed by atoms with Crippen molar-refractivity contribution in [1.82, 2.24) is 10.6 Å². The highest BCUT2D eigenvalue weighted by atomic mass is 127. The van der Waals surface area contributed by atoms with Gasteiger partial charge < -0.3 is 15.4 Å². The summed E-state index contributed by atoms with van der Waals surface area (Å²) in [5.74, 6) is 0.935. The molecule has 0 fully saturated rings. The van der Waals surface area contributed by atoms with Gasteiger partial charge in [0.15, 0.2) is 5.96 Å². The lowest BCUT2D eigenvalue weighted by atomic mass is 10.3. The zero-order valence-electron chi connectivity index (χ0n) is 13.1. The summed E-state index contributed by atoms with van der Waals surface area (Å²) in [6, 6.07) is 10.2. The molecule has 0 aliphatic heterocycles. The van der Waals surface area contributed by atoms with Gasteiger partial charge in [0.1, 0.15) is 17.7 Å². The molecule has 1 aromatic heterocycles. The summed E-state index contributed by atoms with van der Waals surface area (Å²) in [6.45, 7) is 3.22. The number of guanidine groups is 1. The van der Waals surface area contributed by atoms with Crippen molar-refractivity contribution in [3.63, 3.8) is 0 Å². The normalized spacial score (nSPS) is 12.2. The number of aliphatic imine (C=N–C) groups is 1. The number of thiophene rings is 1. The lowest BCUT2D eigenvalue weighted by Crippen LogP contribution is -2.41. The third-order valence-corrected chi connectivity index (χ3v) is 3.80. The maximum absolute atomic E-state index is 13.1. The van der Waals surface area contributed by atoms with E-state index in [1.54, 1.807) is 30.5 Å². The fraction of sp³-hybridized carbons (Fsp3) is 0.312. The molecule has 4 nitrogen and oxygen atoms in total. The first kappa shape index (κ1) is 19.7. The van der Waals surface area contributed by atoms with Gasteiger partial charge in [0, 0.05) is 18.0 Å². The number of nitrogens with zero attached hydrogens (tertiary/aromatic N) is 1. The predicted octanol–water partition coefficient (Wildman–Crippen LogP) is 3.64. The Hall–Kier alpha value is -1.35. The zero-order chi connectivity index (χ0) is 15.8. The highest BCUT2D eigenvalue weighted by molar-refractivity contribution is 14.0. The molecule has 0 aliphatic rings. The smallest absolute Gasteiger partial charge is 0.191 e. The maximum Gasteiger partial charge on any atom is 0.191 e. The molecule has 2 N–H and O–H groups in total. The average Bonchev–Trinajstić information content (AvgIpc) is 3.01. The predicted molar refractivity (Wildman–Crippen MR) is 104 cm³/mol. The third kappa shape index (κ3) is 7.17. The molecule has 0 spiro atoms. The Balaban J connectivity index is 0.00000264. The van der Waals surface area contributed by atoms with Crippen LogP contribution in [0.25, 0.3) is 0 Å². The monoisotopic (exact) mass is 449 g/mol. The zero-order valence-corrected chi connectivity index (χ0v) is 16.2. The van der Waals surface area contributed by atoms with Gasteiger partial charge in [-0.15, -0.1) is 35.3 Å². The van der Waals surface area contributed by atoms with Gasteiger partial charge in [0.05, 0.1) is 13.1 Å². The Morgan fingerprint density at radius 3 is 2.78 bits per heavy atom. The molecule has 126 valence electrons. The minimum atomic E-state index is -0.300. The second-order valence-electron chi connectivity index (χ2n) is 4.77. The highest BCUT2D eigenvalue weighted by Gasteiger charge is 2.06. The summed E-state index contributed by atoms with van der Waals surface area (Å²) in [7, 11) is 1.72. The van der Waals surface area contributed by atoms with Crippen molar-refractivity contribution >= 4 is 41.3 Å². The fourth-order valence-electron chi connectivity index (χ4n) is 1.86. The minimum absolute atomic E-state index is 0. The SMILES string of the molecule is CN=C(NCc1cccs1)NCC(C)Oc1cccc(F)c1.I. The first-order valence-corrected chi connectivity index (χ1v) is 7.94. The molecule has 0 saturated heterocycles. The van der Waals surface area contributed by atoms with Crippen molar-refractivity contribution in [2.45, 2.75) is 19.6 Å². The van der Waals surface area contributed by atoms with Crippen molar-refractivity contribution in [3.8, 4) is 5.75 Å². The fourth-order valence-corrected chi connectivity index (χ4v) is 2.50. The van der Waals surface area contributed by atoms with Gasteiger partial charge in [0.25, 0.3) is 0 Å². The summed E-state index contributed by atoms with van der Waals surface area (Å²) >= 11 is 1.70. The van der Waals surface area contributed by atoms with E-state index in [-0.39, 0.29) is 35.9 Å². The van der Waals surface area contributed by atoms with Gasteiger partial charge in [-0.05, 0) is 30.5 Å². The minimum Gasteiger partial charge on any atom is -0.489 e. The lowest BCUT2D eigenvalue weighted by Gasteiger charge is -2.17. The van der Waals surface area contributed by atoms with E-state index in [1.165, 1.54) is 17.0 Å². The van der Waals surface area contributed by atoms with Crippen LogP contribution in [0.5, 0.6) is 5.75 Å². The van der Waals surface area contributed by atoms with Crippen molar-refractivity contribution in [1.29, 1.82) is 0 Å². The van der Waals surface area contributed by atoms with Crippen LogP contribution in [-0.4, -0.2) is 25.7 Å². The highest BCUT2D eigenvalue weighted by Crippen LogP contribution is 2.13. The largest absolute Gasteiger partial charge is 0.489 e. The second-order valence-corrected chi connectivity index (χ2v) is 5.80. The Labute approximate surface area is 157 Å². The summed E-state index contributed by atoms with van der Waals surface area (Å²) in [4.78, 5) is 5.41. The molecule has 23 heavy (non-hydrogen) atoms. The van der Waals surface area contributed by atoms with E-state index in [2.05, 4.69) is 21.7 Å². The van der Waals surface area contributed by atoms with E-state index in [9.17, 15) is 4.39 Å². The number of benzene rings is 1. The molecule has 0 bridgehead atoms. The van der Waals surface area contributed by atoms with Gasteiger partial charge >= 0.3 is 0 Å². The van der Waals surface area contributed by atoms with Gasteiger partial charge in [-0.25, -0.2) is 4.39 Å². The summed E-state index contributed by atoms with van der Waals surface area (Å²) in [6.07, 6.45) is -0.109. The molecule has 1 atom stereocenters. The molecule has 7 heteroatoms. The van der Waals surface area contributed by atoms with Crippen molar-refractivity contribution in [3.05, 3.63) is 52.5 Å². The molecule has 2 rings (SSSR count). The number of rotatable bonds is 6. The Bertz CT molecular complexity index is 607. The molecule has 1 unspecified atom stereocenters. The molecule has 0 aliphatic carbocycles. The van der Waals surface area contributed by atoms with Crippen LogP contribution in [0.2, 0.25) is 0 Å². The lowest BCUT2D eigenvalue weighted by molar-refractivity contribution is 0.223. The van der Waals surface area contributed by atoms with Crippen molar-refractivity contribution < 1.29 is 9.13 Å². The van der Waals surface area contributed by atoms with E-state index < -0.39 is 0 Å². The van der Waals surface area contributed by atoms with E-state index in [0.717, 1.165) is 6.54 Å². The van der Waals surface area contributed by atoms with E-state index in [1.807, 2.05) is 18.4 Å². The van der Waals surface area contributed by atoms with Crippen LogP contribution in [-0.2, 0) is 6.54 Å². The van der Waals surface area contributed by atoms with Gasteiger partial charge in [-0.3, -0.25) is 4.99 Å². The number of halogens is 2. The van der Waals surface area contributed by atoms with Crippen LogP contribution in [0, 0.1) is 5.82 Å². The van der Waals surface area contributed by atoms with E-state index >= 15 is 0 Å². The van der Waals surface area contributed by atoms with Crippen LogP contribution in [0.3, 0.4) is 0 Å². The molecule has 1 aromatic carbocycles. The van der Waals surface area contributed by atoms with Crippen LogP contribution in [0.4, 0.5) is 4.39 Å². The van der Waals surface area contributed by atoms with Crippen molar-refractivity contribution in [2.75, 3.05) is 13.6 Å². The van der Waals surface area contributed by atoms with Crippen LogP contribution >= 0.6 is 35.3 Å². The molecule has 1 heterocycles.